The van der Waals surface area contributed by atoms with Crippen LogP contribution in [0, 0.1) is 5.41 Å². The van der Waals surface area contributed by atoms with E-state index in [1.54, 1.807) is 0 Å². The van der Waals surface area contributed by atoms with Gasteiger partial charge in [0, 0.05) is 5.88 Å². The largest absolute Gasteiger partial charge is 0.388 e. The second-order valence-electron chi connectivity index (χ2n) is 3.90. The maximum absolute atomic E-state index is 9.58. The van der Waals surface area contributed by atoms with Crippen molar-refractivity contribution in [3.8, 4) is 0 Å². The third-order valence-electron chi connectivity index (χ3n) is 2.29. The van der Waals surface area contributed by atoms with Crippen LogP contribution in [0.2, 0.25) is 0 Å². The van der Waals surface area contributed by atoms with Crippen LogP contribution in [0.1, 0.15) is 20.3 Å². The van der Waals surface area contributed by atoms with Crippen LogP contribution in [0.4, 0.5) is 0 Å². The molecule has 0 radical (unpaired) electrons. The zero-order valence-corrected chi connectivity index (χ0v) is 8.30. The maximum Gasteiger partial charge on any atom is 0.0778 e. The van der Waals surface area contributed by atoms with Crippen molar-refractivity contribution < 1.29 is 5.11 Å². The molecule has 0 aromatic rings. The lowest BCUT2D eigenvalue weighted by Gasteiger charge is -2.32. The molecule has 0 amide bonds. The summed E-state index contributed by atoms with van der Waals surface area (Å²) in [5, 5.41) is 9.58. The summed E-state index contributed by atoms with van der Waals surface area (Å²) in [6.45, 7) is 4.12. The lowest BCUT2D eigenvalue weighted by atomic mass is 9.76. The van der Waals surface area contributed by atoms with Gasteiger partial charge in [0.2, 0.25) is 0 Å². The number of rotatable bonds is 1. The van der Waals surface area contributed by atoms with Gasteiger partial charge in [-0.05, 0) is 11.8 Å². The van der Waals surface area contributed by atoms with Crippen molar-refractivity contribution in [2.24, 2.45) is 5.41 Å². The van der Waals surface area contributed by atoms with E-state index in [4.69, 9.17) is 11.6 Å². The number of aliphatic hydroxyl groups excluding tert-OH is 1. The van der Waals surface area contributed by atoms with Crippen molar-refractivity contribution in [3.63, 3.8) is 0 Å². The van der Waals surface area contributed by atoms with Crippen LogP contribution in [0.3, 0.4) is 0 Å². The van der Waals surface area contributed by atoms with Gasteiger partial charge in [0.05, 0.1) is 6.10 Å². The van der Waals surface area contributed by atoms with E-state index in [0.717, 1.165) is 6.42 Å². The van der Waals surface area contributed by atoms with E-state index in [9.17, 15) is 5.11 Å². The van der Waals surface area contributed by atoms with E-state index in [1.807, 2.05) is 18.2 Å². The molecule has 0 aliphatic heterocycles. The Morgan fingerprint density at radius 2 is 2.42 bits per heavy atom. The van der Waals surface area contributed by atoms with Crippen molar-refractivity contribution in [1.82, 2.24) is 0 Å². The third kappa shape index (κ3) is 2.11. The van der Waals surface area contributed by atoms with Crippen LogP contribution < -0.4 is 0 Å². The number of halogens is 1. The molecular weight excluding hydrogens is 172 g/mol. The summed E-state index contributed by atoms with van der Waals surface area (Å²) in [6.07, 6.45) is 6.36. The molecule has 68 valence electrons. The standard InChI is InChI=1S/C10H15ClO/c1-10(2)7-8(5-6-11)3-4-9(10)12/h3-5,9,12H,6-7H2,1-2H3. The molecule has 0 heterocycles. The predicted molar refractivity (Wildman–Crippen MR) is 52.3 cm³/mol. The van der Waals surface area contributed by atoms with Crippen LogP contribution in [0.5, 0.6) is 0 Å². The molecule has 1 unspecified atom stereocenters. The molecule has 1 aliphatic rings. The first-order chi connectivity index (χ1) is 5.56. The van der Waals surface area contributed by atoms with E-state index in [0.29, 0.717) is 5.88 Å². The highest BCUT2D eigenvalue weighted by Gasteiger charge is 2.29. The highest BCUT2D eigenvalue weighted by atomic mass is 35.5. The van der Waals surface area contributed by atoms with Gasteiger partial charge in [-0.15, -0.1) is 11.6 Å². The Balaban J connectivity index is 2.79. The normalized spacial score (nSPS) is 31.0. The van der Waals surface area contributed by atoms with E-state index < -0.39 is 0 Å². The van der Waals surface area contributed by atoms with Gasteiger partial charge in [0.15, 0.2) is 0 Å². The molecule has 1 rings (SSSR count). The summed E-state index contributed by atoms with van der Waals surface area (Å²) in [6, 6.07) is 0. The Hall–Kier alpha value is -0.270. The molecular formula is C10H15ClO. The molecule has 0 saturated carbocycles. The topological polar surface area (TPSA) is 20.2 Å². The van der Waals surface area contributed by atoms with Gasteiger partial charge in [-0.1, -0.05) is 37.6 Å². The minimum absolute atomic E-state index is 0.0490. The number of allylic oxidation sites excluding steroid dienone is 3. The van der Waals surface area contributed by atoms with E-state index in [1.165, 1.54) is 5.57 Å². The molecule has 1 nitrogen and oxygen atoms in total. The molecule has 1 aliphatic carbocycles. The van der Waals surface area contributed by atoms with Gasteiger partial charge in [0.25, 0.3) is 0 Å². The highest BCUT2D eigenvalue weighted by molar-refractivity contribution is 6.18. The lowest BCUT2D eigenvalue weighted by Crippen LogP contribution is -2.30. The third-order valence-corrected chi connectivity index (χ3v) is 2.45. The Labute approximate surface area is 78.7 Å². The number of alkyl halides is 1. The van der Waals surface area contributed by atoms with Crippen molar-refractivity contribution >= 4 is 11.6 Å². The zero-order valence-electron chi connectivity index (χ0n) is 7.55. The van der Waals surface area contributed by atoms with Crippen LogP contribution in [-0.2, 0) is 0 Å². The number of aliphatic hydroxyl groups is 1. The second-order valence-corrected chi connectivity index (χ2v) is 4.21. The van der Waals surface area contributed by atoms with Crippen LogP contribution in [-0.4, -0.2) is 17.1 Å². The minimum Gasteiger partial charge on any atom is -0.388 e. The monoisotopic (exact) mass is 186 g/mol. The molecule has 0 fully saturated rings. The molecule has 0 bridgehead atoms. The molecule has 0 saturated heterocycles. The quantitative estimate of drug-likeness (QED) is 0.624. The zero-order chi connectivity index (χ0) is 9.19. The Bertz CT molecular complexity index is 216. The number of hydrogen-bond acceptors (Lipinski definition) is 1. The van der Waals surface area contributed by atoms with Gasteiger partial charge in [0.1, 0.15) is 0 Å². The highest BCUT2D eigenvalue weighted by Crippen LogP contribution is 2.34. The molecule has 1 atom stereocenters. The fraction of sp³-hybridized carbons (Fsp3) is 0.600. The van der Waals surface area contributed by atoms with E-state index >= 15 is 0 Å². The Morgan fingerprint density at radius 1 is 1.75 bits per heavy atom. The van der Waals surface area contributed by atoms with Gasteiger partial charge in [-0.3, -0.25) is 0 Å². The van der Waals surface area contributed by atoms with Crippen molar-refractivity contribution in [1.29, 1.82) is 0 Å². The van der Waals surface area contributed by atoms with Crippen LogP contribution in [0.25, 0.3) is 0 Å². The fourth-order valence-electron chi connectivity index (χ4n) is 1.40. The van der Waals surface area contributed by atoms with Crippen molar-refractivity contribution in [2.45, 2.75) is 26.4 Å². The lowest BCUT2D eigenvalue weighted by molar-refractivity contribution is 0.0870. The first-order valence-corrected chi connectivity index (χ1v) is 4.71. The maximum atomic E-state index is 9.58. The van der Waals surface area contributed by atoms with Gasteiger partial charge >= 0.3 is 0 Å². The smallest absolute Gasteiger partial charge is 0.0778 e. The summed E-state index contributed by atoms with van der Waals surface area (Å²) >= 11 is 5.59. The first kappa shape index (κ1) is 9.82. The van der Waals surface area contributed by atoms with E-state index in [2.05, 4.69) is 13.8 Å². The van der Waals surface area contributed by atoms with E-state index in [-0.39, 0.29) is 11.5 Å². The minimum atomic E-state index is -0.329. The van der Waals surface area contributed by atoms with Crippen LogP contribution in [0.15, 0.2) is 23.8 Å². The molecule has 1 N–H and O–H groups in total. The first-order valence-electron chi connectivity index (χ1n) is 4.17. The van der Waals surface area contributed by atoms with Crippen molar-refractivity contribution in [2.75, 3.05) is 5.88 Å². The fourth-order valence-corrected chi connectivity index (χ4v) is 1.60. The second kappa shape index (κ2) is 3.63. The average molecular weight is 187 g/mol. The van der Waals surface area contributed by atoms with Crippen molar-refractivity contribution in [3.05, 3.63) is 23.8 Å². The summed E-state index contributed by atoms with van der Waals surface area (Å²) in [5.74, 6) is 0.547. The summed E-state index contributed by atoms with van der Waals surface area (Å²) in [4.78, 5) is 0. The summed E-state index contributed by atoms with van der Waals surface area (Å²) < 4.78 is 0. The van der Waals surface area contributed by atoms with Crippen LogP contribution >= 0.6 is 11.6 Å². The Kier molecular flexibility index (Phi) is 2.97. The molecule has 0 aromatic heterocycles. The summed E-state index contributed by atoms with van der Waals surface area (Å²) in [7, 11) is 0. The molecule has 0 aromatic carbocycles. The molecule has 0 spiro atoms. The van der Waals surface area contributed by atoms with Gasteiger partial charge in [-0.25, -0.2) is 0 Å². The molecule has 2 heteroatoms. The number of hydrogen-bond donors (Lipinski definition) is 1. The van der Waals surface area contributed by atoms with Gasteiger partial charge in [-0.2, -0.15) is 0 Å². The Morgan fingerprint density at radius 3 is 2.92 bits per heavy atom. The summed E-state index contributed by atoms with van der Waals surface area (Å²) in [5.41, 5.74) is 1.17. The predicted octanol–water partition coefficient (Wildman–Crippen LogP) is 2.50. The SMILES string of the molecule is CC1(C)CC(=CCCl)C=CC1O. The molecule has 12 heavy (non-hydrogen) atoms. The van der Waals surface area contributed by atoms with Gasteiger partial charge < -0.3 is 5.11 Å². The average Bonchev–Trinajstić information content (AvgIpc) is 1.97.